The summed E-state index contributed by atoms with van der Waals surface area (Å²) in [7, 11) is 0. The number of β-amino-alcohol motifs (C(OH)–C–C–N with tert-alkyl or cyclic N) is 1. The van der Waals surface area contributed by atoms with E-state index in [-0.39, 0.29) is 6.54 Å². The molecule has 14 heavy (non-hydrogen) atoms. The molecule has 0 aromatic carbocycles. The van der Waals surface area contributed by atoms with Crippen molar-refractivity contribution in [1.82, 2.24) is 10.2 Å². The van der Waals surface area contributed by atoms with Crippen molar-refractivity contribution in [1.29, 1.82) is 0 Å². The van der Waals surface area contributed by atoms with Gasteiger partial charge in [-0.3, -0.25) is 15.0 Å². The standard InChI is InChI=1S/C8H15N3O3/c1-8(14)2-3-11(5-8)4-6(12)10-7(9)13/h14H,2-5H2,1H3,(H3,9,10,12,13). The first-order valence-electron chi connectivity index (χ1n) is 4.43. The van der Waals surface area contributed by atoms with E-state index in [9.17, 15) is 14.7 Å². The zero-order chi connectivity index (χ0) is 10.8. The number of imide groups is 1. The fourth-order valence-corrected chi connectivity index (χ4v) is 1.55. The Kier molecular flexibility index (Phi) is 3.07. The molecule has 0 aromatic heterocycles. The van der Waals surface area contributed by atoms with E-state index in [1.807, 2.05) is 5.32 Å². The van der Waals surface area contributed by atoms with Gasteiger partial charge < -0.3 is 10.8 Å². The van der Waals surface area contributed by atoms with Crippen molar-refractivity contribution in [2.45, 2.75) is 18.9 Å². The highest BCUT2D eigenvalue weighted by Crippen LogP contribution is 2.19. The highest BCUT2D eigenvalue weighted by atomic mass is 16.3. The number of nitrogens with one attached hydrogen (secondary N) is 1. The topological polar surface area (TPSA) is 95.7 Å². The summed E-state index contributed by atoms with van der Waals surface area (Å²) < 4.78 is 0. The maximum atomic E-state index is 11.1. The molecule has 1 unspecified atom stereocenters. The second-order valence-electron chi connectivity index (χ2n) is 3.87. The Morgan fingerprint density at radius 3 is 2.71 bits per heavy atom. The van der Waals surface area contributed by atoms with Crippen LogP contribution >= 0.6 is 0 Å². The molecule has 1 fully saturated rings. The second kappa shape index (κ2) is 3.93. The van der Waals surface area contributed by atoms with E-state index in [1.165, 1.54) is 0 Å². The van der Waals surface area contributed by atoms with Crippen molar-refractivity contribution >= 4 is 11.9 Å². The lowest BCUT2D eigenvalue weighted by Crippen LogP contribution is -2.42. The third-order valence-electron chi connectivity index (χ3n) is 2.16. The number of carbonyl (C=O) groups excluding carboxylic acids is 2. The number of hydrogen-bond acceptors (Lipinski definition) is 4. The van der Waals surface area contributed by atoms with Gasteiger partial charge in [-0.25, -0.2) is 4.79 Å². The van der Waals surface area contributed by atoms with Gasteiger partial charge in [0.2, 0.25) is 5.91 Å². The quantitative estimate of drug-likeness (QED) is 0.514. The minimum absolute atomic E-state index is 0.0963. The van der Waals surface area contributed by atoms with Gasteiger partial charge in [0, 0.05) is 13.1 Å². The molecule has 1 heterocycles. The summed E-state index contributed by atoms with van der Waals surface area (Å²) in [5, 5.41) is 11.6. The minimum atomic E-state index is -0.846. The molecular formula is C8H15N3O3. The summed E-state index contributed by atoms with van der Waals surface area (Å²) in [4.78, 5) is 23.2. The molecule has 6 nitrogen and oxygen atoms in total. The van der Waals surface area contributed by atoms with E-state index in [0.29, 0.717) is 19.5 Å². The Morgan fingerprint density at radius 1 is 1.64 bits per heavy atom. The molecule has 0 saturated carbocycles. The molecule has 1 aliphatic heterocycles. The summed E-state index contributed by atoms with van der Waals surface area (Å²) in [5.74, 6) is -0.435. The second-order valence-corrected chi connectivity index (χ2v) is 3.87. The Balaban J connectivity index is 2.32. The largest absolute Gasteiger partial charge is 0.389 e. The highest BCUT2D eigenvalue weighted by molar-refractivity contribution is 5.94. The van der Waals surface area contributed by atoms with Crippen LogP contribution in [0.1, 0.15) is 13.3 Å². The fourth-order valence-electron chi connectivity index (χ4n) is 1.55. The minimum Gasteiger partial charge on any atom is -0.389 e. The smallest absolute Gasteiger partial charge is 0.318 e. The molecule has 0 spiro atoms. The summed E-state index contributed by atoms with van der Waals surface area (Å²) in [6.07, 6.45) is 0.636. The number of likely N-dealkylation sites (tertiary alicyclic amines) is 1. The van der Waals surface area contributed by atoms with Gasteiger partial charge in [0.15, 0.2) is 0 Å². The van der Waals surface area contributed by atoms with Gasteiger partial charge in [-0.2, -0.15) is 0 Å². The van der Waals surface area contributed by atoms with E-state index in [4.69, 9.17) is 5.73 Å². The van der Waals surface area contributed by atoms with Crippen LogP contribution in [0.2, 0.25) is 0 Å². The van der Waals surface area contributed by atoms with Gasteiger partial charge in [0.1, 0.15) is 0 Å². The van der Waals surface area contributed by atoms with E-state index in [0.717, 1.165) is 0 Å². The first-order chi connectivity index (χ1) is 6.39. The number of nitrogens with two attached hydrogens (primary N) is 1. The van der Waals surface area contributed by atoms with Crippen molar-refractivity contribution in [3.05, 3.63) is 0 Å². The van der Waals surface area contributed by atoms with Crippen LogP contribution in [-0.2, 0) is 4.79 Å². The lowest BCUT2D eigenvalue weighted by molar-refractivity contribution is -0.121. The van der Waals surface area contributed by atoms with E-state index < -0.39 is 17.5 Å². The summed E-state index contributed by atoms with van der Waals surface area (Å²) in [6, 6.07) is -0.846. The Morgan fingerprint density at radius 2 is 2.29 bits per heavy atom. The molecule has 80 valence electrons. The number of amides is 3. The average Bonchev–Trinajstić information content (AvgIpc) is 2.27. The highest BCUT2D eigenvalue weighted by Gasteiger charge is 2.32. The van der Waals surface area contributed by atoms with Gasteiger partial charge in [0.25, 0.3) is 0 Å². The van der Waals surface area contributed by atoms with Crippen LogP contribution in [0.5, 0.6) is 0 Å². The van der Waals surface area contributed by atoms with Crippen LogP contribution in [0.3, 0.4) is 0 Å². The van der Waals surface area contributed by atoms with Crippen molar-refractivity contribution in [2.24, 2.45) is 5.73 Å². The van der Waals surface area contributed by atoms with E-state index in [2.05, 4.69) is 0 Å². The van der Waals surface area contributed by atoms with Crippen LogP contribution in [0, 0.1) is 0 Å². The summed E-state index contributed by atoms with van der Waals surface area (Å²) >= 11 is 0. The molecule has 4 N–H and O–H groups in total. The molecule has 0 radical (unpaired) electrons. The lowest BCUT2D eigenvalue weighted by atomic mass is 10.1. The Labute approximate surface area is 82.1 Å². The number of rotatable bonds is 2. The fraction of sp³-hybridized carbons (Fsp3) is 0.750. The first-order valence-corrected chi connectivity index (χ1v) is 4.43. The summed E-state index contributed by atoms with van der Waals surface area (Å²) in [5.41, 5.74) is 4.05. The zero-order valence-corrected chi connectivity index (χ0v) is 8.12. The molecule has 1 aliphatic rings. The predicted octanol–water partition coefficient (Wildman–Crippen LogP) is -1.36. The number of urea groups is 1. The van der Waals surface area contributed by atoms with Crippen molar-refractivity contribution in [3.63, 3.8) is 0 Å². The number of primary amides is 1. The predicted molar refractivity (Wildman–Crippen MR) is 49.4 cm³/mol. The normalized spacial score (nSPS) is 27.6. The van der Waals surface area contributed by atoms with E-state index >= 15 is 0 Å². The van der Waals surface area contributed by atoms with Gasteiger partial charge in [0.05, 0.1) is 12.1 Å². The van der Waals surface area contributed by atoms with Crippen LogP contribution in [-0.4, -0.2) is 47.2 Å². The van der Waals surface area contributed by atoms with E-state index in [1.54, 1.807) is 11.8 Å². The Bertz CT molecular complexity index is 252. The molecule has 3 amide bonds. The average molecular weight is 201 g/mol. The third kappa shape index (κ3) is 3.31. The molecule has 1 atom stereocenters. The lowest BCUT2D eigenvalue weighted by Gasteiger charge is -2.17. The monoisotopic (exact) mass is 201 g/mol. The van der Waals surface area contributed by atoms with Crippen LogP contribution < -0.4 is 11.1 Å². The van der Waals surface area contributed by atoms with Gasteiger partial charge in [-0.15, -0.1) is 0 Å². The number of aliphatic hydroxyl groups is 1. The van der Waals surface area contributed by atoms with Crippen molar-refractivity contribution in [3.8, 4) is 0 Å². The molecular weight excluding hydrogens is 186 g/mol. The van der Waals surface area contributed by atoms with Crippen molar-refractivity contribution in [2.75, 3.05) is 19.6 Å². The van der Waals surface area contributed by atoms with Crippen LogP contribution in [0.15, 0.2) is 0 Å². The molecule has 0 aromatic rings. The molecule has 1 rings (SSSR count). The zero-order valence-electron chi connectivity index (χ0n) is 8.12. The summed E-state index contributed by atoms with van der Waals surface area (Å²) in [6.45, 7) is 2.91. The molecule has 6 heteroatoms. The van der Waals surface area contributed by atoms with Gasteiger partial charge in [-0.1, -0.05) is 0 Å². The SMILES string of the molecule is CC1(O)CCN(CC(=O)NC(N)=O)C1. The number of hydrogen-bond donors (Lipinski definition) is 3. The first kappa shape index (κ1) is 10.9. The third-order valence-corrected chi connectivity index (χ3v) is 2.16. The Hall–Kier alpha value is -1.14. The van der Waals surface area contributed by atoms with Gasteiger partial charge in [-0.05, 0) is 13.3 Å². The molecule has 0 bridgehead atoms. The van der Waals surface area contributed by atoms with Crippen LogP contribution in [0.25, 0.3) is 0 Å². The maximum Gasteiger partial charge on any atom is 0.318 e. The molecule has 1 saturated heterocycles. The maximum absolute atomic E-state index is 11.1. The van der Waals surface area contributed by atoms with Crippen LogP contribution in [0.4, 0.5) is 4.79 Å². The number of nitrogens with zero attached hydrogens (tertiary/aromatic N) is 1. The number of carbonyl (C=O) groups is 2. The molecule has 0 aliphatic carbocycles. The van der Waals surface area contributed by atoms with Gasteiger partial charge >= 0.3 is 6.03 Å². The van der Waals surface area contributed by atoms with Crippen molar-refractivity contribution < 1.29 is 14.7 Å².